The van der Waals surface area contributed by atoms with E-state index in [1.54, 1.807) is 17.0 Å². The predicted octanol–water partition coefficient (Wildman–Crippen LogP) is 7.43. The number of aliphatic hydroxyl groups is 1. The molecule has 0 saturated carbocycles. The Balaban J connectivity index is 1.07. The lowest BCUT2D eigenvalue weighted by molar-refractivity contribution is -0.135. The van der Waals surface area contributed by atoms with Crippen molar-refractivity contribution >= 4 is 61.7 Å². The number of imidazole rings is 2. The van der Waals surface area contributed by atoms with E-state index in [1.807, 2.05) is 75.1 Å². The van der Waals surface area contributed by atoms with Crippen molar-refractivity contribution in [3.8, 4) is 11.1 Å². The van der Waals surface area contributed by atoms with E-state index in [-0.39, 0.29) is 35.6 Å². The number of H-pyrrole nitrogens is 2. The Bertz CT molecular complexity index is 2570. The first-order valence-electron chi connectivity index (χ1n) is 20.3. The third-order valence-corrected chi connectivity index (χ3v) is 12.1. The van der Waals surface area contributed by atoms with Gasteiger partial charge in [0.25, 0.3) is 0 Å². The van der Waals surface area contributed by atoms with Crippen LogP contribution in [0.25, 0.3) is 54.7 Å². The third kappa shape index (κ3) is 7.30. The minimum Gasteiger partial charge on any atom is -0.453 e. The van der Waals surface area contributed by atoms with Gasteiger partial charge in [0.1, 0.15) is 29.7 Å². The summed E-state index contributed by atoms with van der Waals surface area (Å²) in [7, 11) is 2.58. The van der Waals surface area contributed by atoms with Crippen LogP contribution in [0, 0.1) is 17.7 Å². The molecule has 6 aromatic rings. The molecule has 0 aliphatic carbocycles. The fourth-order valence-electron chi connectivity index (χ4n) is 8.97. The second-order valence-corrected chi connectivity index (χ2v) is 16.4. The van der Waals surface area contributed by atoms with E-state index in [9.17, 15) is 19.5 Å². The third-order valence-electron chi connectivity index (χ3n) is 12.1. The topological polar surface area (TPSA) is 178 Å². The molecule has 15 heteroatoms. The highest BCUT2D eigenvalue weighted by atomic mass is 19.1. The van der Waals surface area contributed by atoms with Gasteiger partial charge in [-0.1, -0.05) is 58.0 Å². The van der Waals surface area contributed by atoms with Gasteiger partial charge in [0.05, 0.1) is 54.4 Å². The van der Waals surface area contributed by atoms with Gasteiger partial charge in [0, 0.05) is 34.8 Å². The molecule has 2 fully saturated rings. The van der Waals surface area contributed by atoms with Crippen molar-refractivity contribution in [2.45, 2.75) is 83.8 Å². The number of amides is 3. The highest BCUT2D eigenvalue weighted by Crippen LogP contribution is 2.39. The summed E-state index contributed by atoms with van der Waals surface area (Å²) in [6, 6.07) is 15.3. The fourth-order valence-corrected chi connectivity index (χ4v) is 8.97. The summed E-state index contributed by atoms with van der Waals surface area (Å²) in [6.45, 7) is 8.83. The Hall–Kier alpha value is -5.80. The first kappa shape index (κ1) is 40.0. The molecule has 14 nitrogen and oxygen atoms in total. The largest absolute Gasteiger partial charge is 0.453 e. The Kier molecular flexibility index (Phi) is 10.9. The van der Waals surface area contributed by atoms with E-state index >= 15 is 4.39 Å². The van der Waals surface area contributed by atoms with Crippen molar-refractivity contribution in [1.82, 2.24) is 40.4 Å². The SMILES string of the molecule is COC(=O)N[C@@H](C(C)C)C(O)N1CCC[C@H]1c1nc2c(ccc3c(F)c(-c4ccc5c(ccc6[nH]c([C@@H]7CCCN7C(=O)[C@@H](NC(=O)OC)C(C)C)nc65)c4)ccc32)[nH]1. The van der Waals surface area contributed by atoms with Crippen molar-refractivity contribution in [3.05, 3.63) is 72.1 Å². The van der Waals surface area contributed by atoms with Crippen LogP contribution in [0.15, 0.2) is 54.6 Å². The molecule has 59 heavy (non-hydrogen) atoms. The van der Waals surface area contributed by atoms with Crippen LogP contribution in [0.3, 0.4) is 0 Å². The Morgan fingerprint density at radius 1 is 0.780 bits per heavy atom. The smallest absolute Gasteiger partial charge is 0.407 e. The molecule has 2 saturated heterocycles. The number of aromatic amines is 2. The second-order valence-electron chi connectivity index (χ2n) is 16.4. The number of ether oxygens (including phenoxy) is 2. The van der Waals surface area contributed by atoms with E-state index in [4.69, 9.17) is 19.4 Å². The minimum absolute atomic E-state index is 0.0570. The molecular formula is C44H51FN8O6. The summed E-state index contributed by atoms with van der Waals surface area (Å²) in [5.74, 6) is 0.646. The molecule has 1 unspecified atom stereocenters. The molecule has 0 bridgehead atoms. The molecule has 0 radical (unpaired) electrons. The number of rotatable bonds is 10. The normalized spacial score (nSPS) is 19.0. The lowest BCUT2D eigenvalue weighted by Crippen LogP contribution is -2.54. The number of benzene rings is 4. The number of nitrogens with one attached hydrogen (secondary N) is 4. The van der Waals surface area contributed by atoms with Gasteiger partial charge >= 0.3 is 12.2 Å². The van der Waals surface area contributed by atoms with Gasteiger partial charge in [-0.2, -0.15) is 0 Å². The second kappa shape index (κ2) is 16.1. The summed E-state index contributed by atoms with van der Waals surface area (Å²) < 4.78 is 26.2. The van der Waals surface area contributed by atoms with Crippen molar-refractivity contribution < 1.29 is 33.4 Å². The molecule has 8 rings (SSSR count). The molecule has 2 aromatic heterocycles. The monoisotopic (exact) mass is 806 g/mol. The van der Waals surface area contributed by atoms with Gasteiger partial charge < -0.3 is 40.1 Å². The van der Waals surface area contributed by atoms with Crippen LogP contribution in [-0.4, -0.2) is 98.6 Å². The number of likely N-dealkylation sites (tertiary alicyclic amines) is 2. The Morgan fingerprint density at radius 2 is 1.39 bits per heavy atom. The highest BCUT2D eigenvalue weighted by Gasteiger charge is 2.39. The molecule has 2 aliphatic heterocycles. The number of hydrogen-bond acceptors (Lipinski definition) is 9. The molecule has 2 aliphatic rings. The standard InChI is InChI=1S/C44H51FN8O6/c1-22(2)35(50-43(56)58-5)41(54)52-19-7-9-32(52)39-46-30-17-12-25-21-24(11-13-27(25)37(30)48-39)26-14-15-29-28(34(26)45)16-18-31-38(29)49-40(47-31)33-10-8-20-53(33)42(55)36(23(3)4)51-44(57)59-6/h11-18,21-23,32-33,35-36,42,55H,7-10,19-20H2,1-6H3,(H,46,48)(H,47,49)(H,50,56)(H,51,57)/t32-,33-,35-,36-,42?/m0/s1. The van der Waals surface area contributed by atoms with Gasteiger partial charge in [0.15, 0.2) is 0 Å². The number of methoxy groups -OCH3 is 2. The number of carbonyl (C=O) groups is 3. The summed E-state index contributed by atoms with van der Waals surface area (Å²) >= 11 is 0. The number of halogens is 1. The summed E-state index contributed by atoms with van der Waals surface area (Å²) in [6.07, 6.45) is 0.944. The lowest BCUT2D eigenvalue weighted by atomic mass is 9.97. The van der Waals surface area contributed by atoms with Gasteiger partial charge in [0.2, 0.25) is 5.91 Å². The molecule has 310 valence electrons. The maximum atomic E-state index is 16.6. The number of carbonyl (C=O) groups excluding carboxylic acids is 3. The number of aliphatic hydroxyl groups excluding tert-OH is 1. The van der Waals surface area contributed by atoms with E-state index in [0.29, 0.717) is 46.6 Å². The zero-order chi connectivity index (χ0) is 41.7. The van der Waals surface area contributed by atoms with Crippen molar-refractivity contribution in [1.29, 1.82) is 0 Å². The number of alkyl carbamates (subject to hydrolysis) is 2. The molecule has 5 N–H and O–H groups in total. The van der Waals surface area contributed by atoms with Crippen LogP contribution in [-0.2, 0) is 14.3 Å². The molecule has 3 amide bonds. The van der Waals surface area contributed by atoms with Gasteiger partial charge in [-0.05, 0) is 72.7 Å². The van der Waals surface area contributed by atoms with Crippen LogP contribution < -0.4 is 10.6 Å². The first-order valence-corrected chi connectivity index (χ1v) is 20.3. The molecule has 4 aromatic carbocycles. The van der Waals surface area contributed by atoms with Gasteiger partial charge in [-0.3, -0.25) is 9.69 Å². The van der Waals surface area contributed by atoms with Crippen LogP contribution in [0.4, 0.5) is 14.0 Å². The Morgan fingerprint density at radius 3 is 2.08 bits per heavy atom. The van der Waals surface area contributed by atoms with E-state index in [0.717, 1.165) is 58.6 Å². The maximum absolute atomic E-state index is 16.6. The van der Waals surface area contributed by atoms with Crippen LogP contribution in [0.2, 0.25) is 0 Å². The zero-order valence-corrected chi connectivity index (χ0v) is 34.1. The molecule has 4 heterocycles. The summed E-state index contributed by atoms with van der Waals surface area (Å²) in [4.78, 5) is 58.5. The zero-order valence-electron chi connectivity index (χ0n) is 34.1. The Labute approximate surface area is 340 Å². The molecule has 5 atom stereocenters. The number of hydrogen-bond donors (Lipinski definition) is 5. The van der Waals surface area contributed by atoms with Gasteiger partial charge in [-0.15, -0.1) is 0 Å². The van der Waals surface area contributed by atoms with Crippen LogP contribution in [0.5, 0.6) is 0 Å². The number of fused-ring (bicyclic) bond motifs is 6. The average molecular weight is 807 g/mol. The van der Waals surface area contributed by atoms with Crippen LogP contribution >= 0.6 is 0 Å². The number of aromatic nitrogens is 4. The minimum atomic E-state index is -0.964. The first-order chi connectivity index (χ1) is 28.4. The van der Waals surface area contributed by atoms with Crippen molar-refractivity contribution in [2.24, 2.45) is 11.8 Å². The van der Waals surface area contributed by atoms with Gasteiger partial charge in [-0.25, -0.2) is 23.9 Å². The molecule has 0 spiro atoms. The highest BCUT2D eigenvalue weighted by molar-refractivity contribution is 6.08. The van der Waals surface area contributed by atoms with E-state index in [1.165, 1.54) is 14.2 Å². The van der Waals surface area contributed by atoms with Crippen molar-refractivity contribution in [3.63, 3.8) is 0 Å². The summed E-state index contributed by atoms with van der Waals surface area (Å²) in [5.41, 5.74) is 4.19. The van der Waals surface area contributed by atoms with E-state index in [2.05, 4.69) is 20.6 Å². The quantitative estimate of drug-likeness (QED) is 0.0942. The fraction of sp³-hybridized carbons (Fsp3) is 0.432. The lowest BCUT2D eigenvalue weighted by Gasteiger charge is -2.35. The average Bonchev–Trinajstić information content (AvgIpc) is 4.06. The maximum Gasteiger partial charge on any atom is 0.407 e. The number of nitrogens with zero attached hydrogens (tertiary/aromatic N) is 4. The van der Waals surface area contributed by atoms with Crippen molar-refractivity contribution in [2.75, 3.05) is 27.3 Å². The van der Waals surface area contributed by atoms with Crippen LogP contribution in [0.1, 0.15) is 77.1 Å². The predicted molar refractivity (Wildman–Crippen MR) is 223 cm³/mol. The van der Waals surface area contributed by atoms with E-state index < -0.39 is 30.5 Å². The molecular weight excluding hydrogens is 756 g/mol. The summed E-state index contributed by atoms with van der Waals surface area (Å²) in [5, 5.41) is 19.9.